The van der Waals surface area contributed by atoms with Crippen LogP contribution in [0.15, 0.2) is 23.3 Å². The van der Waals surface area contributed by atoms with E-state index in [-0.39, 0.29) is 6.10 Å². The van der Waals surface area contributed by atoms with Gasteiger partial charge in [0.05, 0.1) is 6.10 Å². The molecule has 4 rings (SSSR count). The van der Waals surface area contributed by atoms with Gasteiger partial charge in [0.15, 0.2) is 0 Å². The Morgan fingerprint density at radius 2 is 1.92 bits per heavy atom. The molecule has 0 radical (unpaired) electrons. The lowest BCUT2D eigenvalue weighted by atomic mass is 9.50. The molecule has 7 atom stereocenters. The summed E-state index contributed by atoms with van der Waals surface area (Å²) in [7, 11) is 0. The van der Waals surface area contributed by atoms with Crippen LogP contribution in [0.3, 0.4) is 0 Å². The van der Waals surface area contributed by atoms with Gasteiger partial charge in [-0.15, -0.1) is 0 Å². The summed E-state index contributed by atoms with van der Waals surface area (Å²) in [5.41, 5.74) is 4.13. The zero-order valence-corrected chi connectivity index (χ0v) is 17.1. The average molecular weight is 393 g/mol. The van der Waals surface area contributed by atoms with Crippen LogP contribution in [0.5, 0.6) is 0 Å². The largest absolute Gasteiger partial charge is 0.393 e. The van der Waals surface area contributed by atoms with Crippen molar-refractivity contribution >= 4 is 15.9 Å². The summed E-state index contributed by atoms with van der Waals surface area (Å²) in [4.78, 5) is 0. The van der Waals surface area contributed by atoms with Gasteiger partial charge < -0.3 is 5.11 Å². The number of rotatable bonds is 2. The van der Waals surface area contributed by atoms with Crippen molar-refractivity contribution in [3.05, 3.63) is 23.3 Å². The molecule has 0 aromatic heterocycles. The average Bonchev–Trinajstić information content (AvgIpc) is 2.92. The second kappa shape index (κ2) is 5.98. The lowest BCUT2D eigenvalue weighted by Crippen LogP contribution is -2.46. The van der Waals surface area contributed by atoms with Gasteiger partial charge in [0.1, 0.15) is 0 Å². The highest BCUT2D eigenvalue weighted by Gasteiger charge is 2.56. The summed E-state index contributed by atoms with van der Waals surface area (Å²) in [6, 6.07) is 0. The second-order valence-electron chi connectivity index (χ2n) is 9.64. The number of alkyl halides is 1. The van der Waals surface area contributed by atoms with Crippen molar-refractivity contribution in [3.8, 4) is 0 Å². The molecule has 1 N–H and O–H groups in total. The summed E-state index contributed by atoms with van der Waals surface area (Å²) in [5.74, 6) is 3.19. The van der Waals surface area contributed by atoms with E-state index in [0.717, 1.165) is 41.8 Å². The molecule has 2 unspecified atom stereocenters. The van der Waals surface area contributed by atoms with Crippen LogP contribution in [0.4, 0.5) is 0 Å². The number of aliphatic hydroxyl groups excluding tert-OH is 1. The smallest absolute Gasteiger partial charge is 0.0578 e. The Morgan fingerprint density at radius 3 is 2.67 bits per heavy atom. The van der Waals surface area contributed by atoms with Crippen LogP contribution in [0.25, 0.3) is 0 Å². The third-order valence-electron chi connectivity index (χ3n) is 8.55. The first kappa shape index (κ1) is 17.3. The van der Waals surface area contributed by atoms with Crippen molar-refractivity contribution in [2.45, 2.75) is 71.8 Å². The number of fused-ring (bicyclic) bond motifs is 5. The van der Waals surface area contributed by atoms with Crippen molar-refractivity contribution < 1.29 is 5.11 Å². The molecular weight excluding hydrogens is 360 g/mol. The van der Waals surface area contributed by atoms with Crippen LogP contribution < -0.4 is 0 Å². The maximum Gasteiger partial charge on any atom is 0.0578 e. The number of hydrogen-bond donors (Lipinski definition) is 1. The minimum absolute atomic E-state index is 0.108. The predicted octanol–water partition coefficient (Wildman–Crippen LogP) is 5.88. The molecule has 24 heavy (non-hydrogen) atoms. The van der Waals surface area contributed by atoms with E-state index < -0.39 is 0 Å². The van der Waals surface area contributed by atoms with Gasteiger partial charge in [-0.2, -0.15) is 0 Å². The molecule has 0 saturated heterocycles. The maximum absolute atomic E-state index is 10.1. The van der Waals surface area contributed by atoms with Gasteiger partial charge >= 0.3 is 0 Å². The molecule has 0 aromatic carbocycles. The predicted molar refractivity (Wildman–Crippen MR) is 104 cm³/mol. The Hall–Kier alpha value is -0.0800. The highest BCUT2D eigenvalue weighted by atomic mass is 79.9. The number of allylic oxidation sites excluding steroid dienone is 3. The van der Waals surface area contributed by atoms with Crippen LogP contribution >= 0.6 is 15.9 Å². The molecule has 0 amide bonds. The van der Waals surface area contributed by atoms with Gasteiger partial charge in [-0.05, 0) is 79.4 Å². The first-order chi connectivity index (χ1) is 11.4. The Balaban J connectivity index is 1.68. The molecule has 134 valence electrons. The van der Waals surface area contributed by atoms with E-state index in [1.165, 1.54) is 37.7 Å². The molecule has 0 bridgehead atoms. The monoisotopic (exact) mass is 392 g/mol. The molecule has 0 aromatic rings. The fraction of sp³-hybridized carbons (Fsp3) is 0.818. The third kappa shape index (κ3) is 2.35. The highest BCUT2D eigenvalue weighted by Crippen LogP contribution is 2.65. The van der Waals surface area contributed by atoms with Gasteiger partial charge in [-0.3, -0.25) is 0 Å². The van der Waals surface area contributed by atoms with Gasteiger partial charge in [-0.25, -0.2) is 0 Å². The third-order valence-corrected chi connectivity index (χ3v) is 9.57. The molecular formula is C22H33BrO. The van der Waals surface area contributed by atoms with Gasteiger partial charge in [0.25, 0.3) is 0 Å². The zero-order chi connectivity index (χ0) is 17.1. The van der Waals surface area contributed by atoms with Crippen LogP contribution in [-0.2, 0) is 0 Å². The molecule has 0 spiro atoms. The quantitative estimate of drug-likeness (QED) is 0.581. The van der Waals surface area contributed by atoms with E-state index in [1.807, 2.05) is 0 Å². The van der Waals surface area contributed by atoms with Crippen LogP contribution in [0, 0.1) is 34.5 Å². The van der Waals surface area contributed by atoms with E-state index in [0.29, 0.717) is 10.8 Å². The normalized spacial score (nSPS) is 48.7. The standard InChI is InChI=1S/C22H33BrO/c1-14(13-23)18-6-7-19-17-5-4-15-12-16(24)8-10-21(15,2)20(17)9-11-22(18,19)3/h4-5,14,16,18-20,24H,6-13H2,1-3H3/t14-,16+,18-,19?,20?,21+,22-/m1/s1. The van der Waals surface area contributed by atoms with E-state index in [4.69, 9.17) is 0 Å². The SMILES string of the molecule is C[C@H](CBr)[C@H]1CCC2C3=CC=C4C[C@@H](O)CC[C@]4(C)C3CC[C@@]21C. The minimum atomic E-state index is -0.108. The van der Waals surface area contributed by atoms with E-state index in [9.17, 15) is 5.11 Å². The van der Waals surface area contributed by atoms with Crippen molar-refractivity contribution in [3.63, 3.8) is 0 Å². The highest BCUT2D eigenvalue weighted by molar-refractivity contribution is 9.09. The van der Waals surface area contributed by atoms with Crippen molar-refractivity contribution in [1.29, 1.82) is 0 Å². The summed E-state index contributed by atoms with van der Waals surface area (Å²) in [6.45, 7) is 7.53. The van der Waals surface area contributed by atoms with Gasteiger partial charge in [0, 0.05) is 5.33 Å². The fourth-order valence-electron chi connectivity index (χ4n) is 7.07. The topological polar surface area (TPSA) is 20.2 Å². The van der Waals surface area contributed by atoms with Gasteiger partial charge in [0.2, 0.25) is 0 Å². The van der Waals surface area contributed by atoms with Crippen molar-refractivity contribution in [2.75, 3.05) is 5.33 Å². The lowest BCUT2D eigenvalue weighted by Gasteiger charge is -2.55. The zero-order valence-electron chi connectivity index (χ0n) is 15.5. The molecule has 3 fully saturated rings. The van der Waals surface area contributed by atoms with E-state index in [2.05, 4.69) is 48.9 Å². The molecule has 4 aliphatic carbocycles. The summed E-state index contributed by atoms with van der Waals surface area (Å²) >= 11 is 3.75. The number of hydrogen-bond acceptors (Lipinski definition) is 1. The van der Waals surface area contributed by atoms with E-state index in [1.54, 1.807) is 5.57 Å². The fourth-order valence-corrected chi connectivity index (χ4v) is 7.52. The first-order valence-electron chi connectivity index (χ1n) is 10.1. The summed E-state index contributed by atoms with van der Waals surface area (Å²) in [6.07, 6.45) is 13.4. The molecule has 3 saturated carbocycles. The Labute approximate surface area is 156 Å². The lowest BCUT2D eigenvalue weighted by molar-refractivity contribution is 0.0363. The number of halogens is 1. The maximum atomic E-state index is 10.1. The van der Waals surface area contributed by atoms with Crippen LogP contribution in [0.2, 0.25) is 0 Å². The van der Waals surface area contributed by atoms with Crippen molar-refractivity contribution in [1.82, 2.24) is 0 Å². The molecule has 1 nitrogen and oxygen atoms in total. The first-order valence-corrected chi connectivity index (χ1v) is 11.2. The molecule has 4 aliphatic rings. The van der Waals surface area contributed by atoms with Gasteiger partial charge in [-0.1, -0.05) is 60.0 Å². The second-order valence-corrected chi connectivity index (χ2v) is 10.3. The number of aliphatic hydroxyl groups is 1. The minimum Gasteiger partial charge on any atom is -0.393 e. The Morgan fingerprint density at radius 1 is 1.12 bits per heavy atom. The summed E-state index contributed by atoms with van der Waals surface area (Å²) in [5, 5.41) is 11.2. The Bertz CT molecular complexity index is 579. The Kier molecular flexibility index (Phi) is 4.32. The summed E-state index contributed by atoms with van der Waals surface area (Å²) < 4.78 is 0. The van der Waals surface area contributed by atoms with Crippen LogP contribution in [-0.4, -0.2) is 16.5 Å². The molecule has 0 aliphatic heterocycles. The molecule has 2 heteroatoms. The van der Waals surface area contributed by atoms with Crippen LogP contribution in [0.1, 0.15) is 65.7 Å². The molecule has 0 heterocycles. The van der Waals surface area contributed by atoms with Crippen molar-refractivity contribution in [2.24, 2.45) is 34.5 Å². The van der Waals surface area contributed by atoms with E-state index >= 15 is 0 Å².